The first kappa shape index (κ1) is 14.4. The van der Waals surface area contributed by atoms with Crippen LogP contribution in [-0.4, -0.2) is 34.9 Å². The average molecular weight is 321 g/mol. The molecule has 0 aliphatic carbocycles. The molecule has 4 N–H and O–H groups in total. The Bertz CT molecular complexity index is 469. The third kappa shape index (κ3) is 3.97. The van der Waals surface area contributed by atoms with Crippen molar-refractivity contribution in [2.24, 2.45) is 0 Å². The van der Waals surface area contributed by atoms with Gasteiger partial charge in [0.15, 0.2) is 6.04 Å². The highest BCUT2D eigenvalue weighted by atomic mass is 79.9. The zero-order valence-electron chi connectivity index (χ0n) is 8.98. The summed E-state index contributed by atoms with van der Waals surface area (Å²) in [6.07, 6.45) is 0. The molecule has 1 rings (SSSR count). The highest BCUT2D eigenvalue weighted by molar-refractivity contribution is 9.10. The lowest BCUT2D eigenvalue weighted by atomic mass is 10.3. The first-order chi connectivity index (χ1) is 8.43. The Hall–Kier alpha value is -1.67. The lowest BCUT2D eigenvalue weighted by molar-refractivity contribution is -0.140. The van der Waals surface area contributed by atoms with Gasteiger partial charge in [-0.2, -0.15) is 0 Å². The number of aliphatic carboxylic acids is 1. The Balaban J connectivity index is 2.64. The van der Waals surface area contributed by atoms with Crippen LogP contribution >= 0.6 is 15.9 Å². The molecule has 0 fully saturated rings. The molecule has 0 aliphatic heterocycles. The number of anilines is 1. The Morgan fingerprint density at radius 3 is 2.61 bits per heavy atom. The molecule has 6 nitrogen and oxygen atoms in total. The van der Waals surface area contributed by atoms with Crippen LogP contribution in [0.15, 0.2) is 22.7 Å². The van der Waals surface area contributed by atoms with E-state index in [-0.39, 0.29) is 10.2 Å². The topological polar surface area (TPSA) is 98.7 Å². The SMILES string of the molecule is O=C(Nc1ccc(Br)c(F)c1)NC(CO)C(=O)O. The molecule has 1 aromatic carbocycles. The predicted molar refractivity (Wildman–Crippen MR) is 64.8 cm³/mol. The summed E-state index contributed by atoms with van der Waals surface area (Å²) in [6.45, 7) is -0.739. The molecule has 2 amide bonds. The first-order valence-electron chi connectivity index (χ1n) is 4.80. The molecule has 0 radical (unpaired) electrons. The number of rotatable bonds is 4. The lowest BCUT2D eigenvalue weighted by Crippen LogP contribution is -2.45. The van der Waals surface area contributed by atoms with Crippen LogP contribution in [0.4, 0.5) is 14.9 Å². The zero-order valence-corrected chi connectivity index (χ0v) is 10.6. The van der Waals surface area contributed by atoms with Crippen molar-refractivity contribution in [2.45, 2.75) is 6.04 Å². The van der Waals surface area contributed by atoms with Crippen molar-refractivity contribution in [2.75, 3.05) is 11.9 Å². The summed E-state index contributed by atoms with van der Waals surface area (Å²) in [7, 11) is 0. The molecule has 1 atom stereocenters. The van der Waals surface area contributed by atoms with E-state index in [9.17, 15) is 14.0 Å². The standard InChI is InChI=1S/C10H10BrFN2O4/c11-6-2-1-5(3-7(6)12)13-10(18)14-8(4-15)9(16)17/h1-3,8,15H,4H2,(H,16,17)(H2,13,14,18). The Morgan fingerprint density at radius 1 is 1.44 bits per heavy atom. The third-order valence-electron chi connectivity index (χ3n) is 1.96. The van der Waals surface area contributed by atoms with E-state index in [2.05, 4.69) is 21.2 Å². The maximum absolute atomic E-state index is 13.1. The van der Waals surface area contributed by atoms with Crippen molar-refractivity contribution in [1.82, 2.24) is 5.32 Å². The molecule has 0 spiro atoms. The quantitative estimate of drug-likeness (QED) is 0.669. The number of carbonyl (C=O) groups excluding carboxylic acids is 1. The van der Waals surface area contributed by atoms with Gasteiger partial charge in [0.05, 0.1) is 11.1 Å². The van der Waals surface area contributed by atoms with Gasteiger partial charge in [-0.05, 0) is 34.1 Å². The van der Waals surface area contributed by atoms with Crippen LogP contribution < -0.4 is 10.6 Å². The summed E-state index contributed by atoms with van der Waals surface area (Å²) < 4.78 is 13.4. The number of nitrogens with one attached hydrogen (secondary N) is 2. The summed E-state index contributed by atoms with van der Waals surface area (Å²) in [4.78, 5) is 21.9. The van der Waals surface area contributed by atoms with E-state index < -0.39 is 30.5 Å². The van der Waals surface area contributed by atoms with Crippen molar-refractivity contribution >= 4 is 33.6 Å². The van der Waals surface area contributed by atoms with E-state index in [0.717, 1.165) is 6.07 Å². The second-order valence-electron chi connectivity index (χ2n) is 3.30. The Labute approximate surface area is 110 Å². The number of urea groups is 1. The van der Waals surface area contributed by atoms with E-state index in [1.807, 2.05) is 5.32 Å². The third-order valence-corrected chi connectivity index (χ3v) is 2.61. The molecule has 8 heteroatoms. The molecule has 0 saturated heterocycles. The van der Waals surface area contributed by atoms with Crippen molar-refractivity contribution in [1.29, 1.82) is 0 Å². The van der Waals surface area contributed by atoms with Gasteiger partial charge >= 0.3 is 12.0 Å². The molecule has 0 heterocycles. The number of aliphatic hydroxyl groups is 1. The van der Waals surface area contributed by atoms with Crippen LogP contribution in [0, 0.1) is 5.82 Å². The van der Waals surface area contributed by atoms with Crippen LogP contribution in [0.5, 0.6) is 0 Å². The van der Waals surface area contributed by atoms with Crippen molar-refractivity contribution in [3.8, 4) is 0 Å². The zero-order chi connectivity index (χ0) is 13.7. The van der Waals surface area contributed by atoms with Gasteiger partial charge < -0.3 is 20.8 Å². The molecule has 18 heavy (non-hydrogen) atoms. The van der Waals surface area contributed by atoms with E-state index in [1.54, 1.807) is 0 Å². The highest BCUT2D eigenvalue weighted by Crippen LogP contribution is 2.19. The van der Waals surface area contributed by atoms with Crippen LogP contribution in [-0.2, 0) is 4.79 Å². The molecular formula is C10H10BrFN2O4. The largest absolute Gasteiger partial charge is 0.480 e. The summed E-state index contributed by atoms with van der Waals surface area (Å²) in [5.41, 5.74) is 0.162. The van der Waals surface area contributed by atoms with Gasteiger partial charge in [-0.1, -0.05) is 0 Å². The summed E-state index contributed by atoms with van der Waals surface area (Å²) in [6, 6.07) is 1.63. The molecule has 98 valence electrons. The van der Waals surface area contributed by atoms with Crippen LogP contribution in [0.2, 0.25) is 0 Å². The number of carboxylic acid groups (broad SMARTS) is 1. The van der Waals surface area contributed by atoms with Gasteiger partial charge in [0.2, 0.25) is 0 Å². The average Bonchev–Trinajstić information content (AvgIpc) is 2.30. The Morgan fingerprint density at radius 2 is 2.11 bits per heavy atom. The van der Waals surface area contributed by atoms with Crippen molar-refractivity contribution in [3.05, 3.63) is 28.5 Å². The normalized spacial score (nSPS) is 11.7. The number of hydrogen-bond acceptors (Lipinski definition) is 3. The minimum Gasteiger partial charge on any atom is -0.480 e. The molecule has 0 bridgehead atoms. The predicted octanol–water partition coefficient (Wildman–Crippen LogP) is 1.16. The van der Waals surface area contributed by atoms with Gasteiger partial charge in [-0.3, -0.25) is 0 Å². The molecule has 1 aromatic rings. The maximum atomic E-state index is 13.1. The Kier molecular flexibility index (Phi) is 5.05. The van der Waals surface area contributed by atoms with Crippen LogP contribution in [0.25, 0.3) is 0 Å². The van der Waals surface area contributed by atoms with Gasteiger partial charge in [0.1, 0.15) is 5.82 Å². The van der Waals surface area contributed by atoms with Gasteiger partial charge in [-0.25, -0.2) is 14.0 Å². The lowest BCUT2D eigenvalue weighted by Gasteiger charge is -2.12. The van der Waals surface area contributed by atoms with Crippen molar-refractivity contribution in [3.63, 3.8) is 0 Å². The second kappa shape index (κ2) is 6.31. The summed E-state index contributed by atoms with van der Waals surface area (Å²) >= 11 is 2.95. The fourth-order valence-corrected chi connectivity index (χ4v) is 1.33. The summed E-state index contributed by atoms with van der Waals surface area (Å²) in [5, 5.41) is 21.6. The fraction of sp³-hybridized carbons (Fsp3) is 0.200. The minimum atomic E-state index is -1.41. The van der Waals surface area contributed by atoms with E-state index in [0.29, 0.717) is 0 Å². The molecular weight excluding hydrogens is 311 g/mol. The number of halogens is 2. The number of carbonyl (C=O) groups is 2. The van der Waals surface area contributed by atoms with Crippen molar-refractivity contribution < 1.29 is 24.2 Å². The van der Waals surface area contributed by atoms with E-state index in [4.69, 9.17) is 10.2 Å². The molecule has 0 aromatic heterocycles. The monoisotopic (exact) mass is 320 g/mol. The minimum absolute atomic E-state index is 0.162. The van der Waals surface area contributed by atoms with Gasteiger partial charge in [0.25, 0.3) is 0 Å². The van der Waals surface area contributed by atoms with Gasteiger partial charge in [-0.15, -0.1) is 0 Å². The smallest absolute Gasteiger partial charge is 0.328 e. The fourth-order valence-electron chi connectivity index (χ4n) is 1.08. The second-order valence-corrected chi connectivity index (χ2v) is 4.16. The molecule has 1 unspecified atom stereocenters. The van der Waals surface area contributed by atoms with Crippen LogP contribution in [0.1, 0.15) is 0 Å². The molecule has 0 saturated carbocycles. The number of benzene rings is 1. The van der Waals surface area contributed by atoms with E-state index >= 15 is 0 Å². The number of hydrogen-bond donors (Lipinski definition) is 4. The number of carboxylic acids is 1. The molecule has 0 aliphatic rings. The summed E-state index contributed by atoms with van der Waals surface area (Å²) in [5.74, 6) is -1.93. The van der Waals surface area contributed by atoms with Gasteiger partial charge in [0, 0.05) is 5.69 Å². The highest BCUT2D eigenvalue weighted by Gasteiger charge is 2.18. The first-order valence-corrected chi connectivity index (χ1v) is 5.59. The van der Waals surface area contributed by atoms with Crippen LogP contribution in [0.3, 0.4) is 0 Å². The maximum Gasteiger partial charge on any atom is 0.328 e. The van der Waals surface area contributed by atoms with E-state index in [1.165, 1.54) is 12.1 Å². The number of aliphatic hydroxyl groups excluding tert-OH is 1. The number of amides is 2.